The van der Waals surface area contributed by atoms with Crippen molar-refractivity contribution in [2.24, 2.45) is 11.8 Å². The molecule has 0 spiro atoms. The van der Waals surface area contributed by atoms with Gasteiger partial charge in [0.1, 0.15) is 5.82 Å². The van der Waals surface area contributed by atoms with Crippen LogP contribution in [0.25, 0.3) is 0 Å². The van der Waals surface area contributed by atoms with Gasteiger partial charge in [-0.2, -0.15) is 0 Å². The number of hydrogen-bond acceptors (Lipinski definition) is 4. The molecule has 0 radical (unpaired) electrons. The maximum atomic E-state index is 13.4. The summed E-state index contributed by atoms with van der Waals surface area (Å²) < 4.78 is 13.4. The molecule has 0 aromatic heterocycles. The van der Waals surface area contributed by atoms with Crippen LogP contribution in [-0.2, 0) is 22.7 Å². The van der Waals surface area contributed by atoms with Crippen molar-refractivity contribution in [3.63, 3.8) is 0 Å². The summed E-state index contributed by atoms with van der Waals surface area (Å²) in [7, 11) is 0. The van der Waals surface area contributed by atoms with Gasteiger partial charge in [0, 0.05) is 31.2 Å². The van der Waals surface area contributed by atoms with E-state index in [1.807, 2.05) is 48.5 Å². The van der Waals surface area contributed by atoms with E-state index in [2.05, 4.69) is 15.6 Å². The minimum absolute atomic E-state index is 0.0612. The molecule has 2 heterocycles. The van der Waals surface area contributed by atoms with Crippen LogP contribution in [0.5, 0.6) is 0 Å². The van der Waals surface area contributed by atoms with Crippen molar-refractivity contribution in [2.45, 2.75) is 19.1 Å². The molecule has 35 heavy (non-hydrogen) atoms. The molecular weight excluding hydrogens is 467 g/mol. The quantitative estimate of drug-likeness (QED) is 0.550. The number of carbonyl (C=O) groups excluding carboxylic acids is 2. The van der Waals surface area contributed by atoms with Gasteiger partial charge in [0.15, 0.2) is 0 Å². The van der Waals surface area contributed by atoms with Gasteiger partial charge < -0.3 is 5.32 Å². The molecular formula is C27H26ClFN4O2. The summed E-state index contributed by atoms with van der Waals surface area (Å²) in [4.78, 5) is 28.9. The first-order chi connectivity index (χ1) is 17.0. The number of rotatable bonds is 6. The Hall–Kier alpha value is -3.26. The van der Waals surface area contributed by atoms with Gasteiger partial charge in [-0.25, -0.2) is 14.8 Å². The summed E-state index contributed by atoms with van der Waals surface area (Å²) in [6, 6.07) is 22.8. The summed E-state index contributed by atoms with van der Waals surface area (Å²) in [6.45, 7) is 1.80. The number of likely N-dealkylation sites (tertiary alicyclic amines) is 1. The zero-order valence-corrected chi connectivity index (χ0v) is 19.8. The first kappa shape index (κ1) is 23.5. The van der Waals surface area contributed by atoms with E-state index in [-0.39, 0.29) is 29.6 Å². The Morgan fingerprint density at radius 1 is 1.00 bits per heavy atom. The number of fused-ring (bicyclic) bond motifs is 1. The van der Waals surface area contributed by atoms with E-state index < -0.39 is 5.92 Å². The molecule has 180 valence electrons. The Labute approximate surface area is 208 Å². The molecule has 3 atom stereocenters. The predicted octanol–water partition coefficient (Wildman–Crippen LogP) is 3.76. The minimum Gasteiger partial charge on any atom is -0.352 e. The van der Waals surface area contributed by atoms with E-state index >= 15 is 0 Å². The number of nitrogens with one attached hydrogen (secondary N) is 2. The highest BCUT2D eigenvalue weighted by atomic mass is 35.5. The molecule has 0 bridgehead atoms. The van der Waals surface area contributed by atoms with Crippen LogP contribution in [0.2, 0.25) is 5.02 Å². The number of benzene rings is 3. The van der Waals surface area contributed by atoms with Crippen LogP contribution in [0.3, 0.4) is 0 Å². The van der Waals surface area contributed by atoms with Gasteiger partial charge >= 0.3 is 0 Å². The largest absolute Gasteiger partial charge is 0.352 e. The summed E-state index contributed by atoms with van der Waals surface area (Å²) in [5, 5.41) is 5.17. The number of carbonyl (C=O) groups is 2. The Morgan fingerprint density at radius 2 is 1.71 bits per heavy atom. The molecule has 2 fully saturated rings. The van der Waals surface area contributed by atoms with E-state index in [4.69, 9.17) is 11.6 Å². The molecule has 2 aliphatic heterocycles. The van der Waals surface area contributed by atoms with Crippen molar-refractivity contribution in [3.8, 4) is 0 Å². The van der Waals surface area contributed by atoms with Gasteiger partial charge in [0.05, 0.1) is 23.6 Å². The van der Waals surface area contributed by atoms with Gasteiger partial charge in [-0.05, 0) is 41.5 Å². The number of anilines is 1. The maximum Gasteiger partial charge on any atom is 0.247 e. The summed E-state index contributed by atoms with van der Waals surface area (Å²) in [5.74, 6) is -1.35. The number of para-hydroxylation sites is 1. The molecule has 5 rings (SSSR count). The van der Waals surface area contributed by atoms with E-state index in [9.17, 15) is 14.0 Å². The van der Waals surface area contributed by atoms with E-state index in [0.717, 1.165) is 16.8 Å². The van der Waals surface area contributed by atoms with Crippen molar-refractivity contribution < 1.29 is 14.0 Å². The molecule has 0 saturated carbocycles. The molecule has 2 saturated heterocycles. The third-order valence-electron chi connectivity index (χ3n) is 6.67. The standard InChI is InChI=1S/C27H26ClFN4O2/c28-24-9-5-4-6-19(24)14-30-26(34)22-16-32(15-18-10-12-20(29)13-11-18)17-23-25(22)31-33(27(23)35)21-7-2-1-3-8-21/h1-13,22-23,25,31H,14-17H2,(H,30,34). The van der Waals surface area contributed by atoms with Gasteiger partial charge in [-0.3, -0.25) is 14.5 Å². The van der Waals surface area contributed by atoms with Gasteiger partial charge in [-0.1, -0.05) is 60.1 Å². The number of halogens is 2. The molecule has 6 nitrogen and oxygen atoms in total. The lowest BCUT2D eigenvalue weighted by atomic mass is 9.83. The van der Waals surface area contributed by atoms with Crippen LogP contribution < -0.4 is 15.8 Å². The Balaban J connectivity index is 1.37. The third kappa shape index (κ3) is 5.07. The van der Waals surface area contributed by atoms with Crippen molar-refractivity contribution in [1.29, 1.82) is 0 Å². The number of piperidine rings is 1. The number of amides is 2. The SMILES string of the molecule is O=C(NCc1ccccc1Cl)C1CN(Cc2ccc(F)cc2)CC2C(=O)N(c3ccccc3)NC12. The number of hydrazine groups is 1. The Bertz CT molecular complexity index is 1210. The lowest BCUT2D eigenvalue weighted by molar-refractivity contribution is -0.130. The van der Waals surface area contributed by atoms with Crippen molar-refractivity contribution >= 4 is 29.1 Å². The highest BCUT2D eigenvalue weighted by molar-refractivity contribution is 6.31. The molecule has 3 aromatic carbocycles. The van der Waals surface area contributed by atoms with Crippen molar-refractivity contribution in [2.75, 3.05) is 18.1 Å². The summed E-state index contributed by atoms with van der Waals surface area (Å²) in [5.41, 5.74) is 5.82. The fraction of sp³-hybridized carbons (Fsp3) is 0.259. The summed E-state index contributed by atoms with van der Waals surface area (Å²) >= 11 is 6.26. The zero-order valence-electron chi connectivity index (χ0n) is 19.0. The summed E-state index contributed by atoms with van der Waals surface area (Å²) in [6.07, 6.45) is 0. The second-order valence-electron chi connectivity index (χ2n) is 9.01. The molecule has 3 aromatic rings. The lowest BCUT2D eigenvalue weighted by Crippen LogP contribution is -2.56. The van der Waals surface area contributed by atoms with Crippen molar-refractivity contribution in [1.82, 2.24) is 15.6 Å². The van der Waals surface area contributed by atoms with Gasteiger partial charge in [-0.15, -0.1) is 0 Å². The minimum atomic E-state index is -0.464. The maximum absolute atomic E-state index is 13.4. The van der Waals surface area contributed by atoms with E-state index in [1.165, 1.54) is 12.1 Å². The second kappa shape index (κ2) is 10.2. The van der Waals surface area contributed by atoms with E-state index in [0.29, 0.717) is 31.2 Å². The number of nitrogens with zero attached hydrogens (tertiary/aromatic N) is 2. The molecule has 3 unspecified atom stereocenters. The monoisotopic (exact) mass is 492 g/mol. The average molecular weight is 493 g/mol. The first-order valence-electron chi connectivity index (χ1n) is 11.6. The van der Waals surface area contributed by atoms with Gasteiger partial charge in [0.2, 0.25) is 11.8 Å². The fourth-order valence-electron chi connectivity index (χ4n) is 4.89. The van der Waals surface area contributed by atoms with E-state index in [1.54, 1.807) is 23.2 Å². The number of hydrogen-bond donors (Lipinski definition) is 2. The normalized spacial score (nSPS) is 22.2. The van der Waals surface area contributed by atoms with Crippen LogP contribution in [0.15, 0.2) is 78.9 Å². The van der Waals surface area contributed by atoms with Crippen LogP contribution in [0, 0.1) is 17.7 Å². The van der Waals surface area contributed by atoms with Crippen LogP contribution in [0.4, 0.5) is 10.1 Å². The smallest absolute Gasteiger partial charge is 0.247 e. The molecule has 0 aliphatic carbocycles. The highest BCUT2D eigenvalue weighted by Crippen LogP contribution is 2.32. The molecule has 8 heteroatoms. The topological polar surface area (TPSA) is 64.7 Å². The van der Waals surface area contributed by atoms with Gasteiger partial charge in [0.25, 0.3) is 0 Å². The van der Waals surface area contributed by atoms with Crippen molar-refractivity contribution in [3.05, 3.63) is 101 Å². The molecule has 2 amide bonds. The van der Waals surface area contributed by atoms with Crippen LogP contribution >= 0.6 is 11.6 Å². The average Bonchev–Trinajstić information content (AvgIpc) is 3.21. The van der Waals surface area contributed by atoms with Crippen LogP contribution in [0.1, 0.15) is 11.1 Å². The van der Waals surface area contributed by atoms with Crippen LogP contribution in [-0.4, -0.2) is 35.8 Å². The fourth-order valence-corrected chi connectivity index (χ4v) is 5.09. The zero-order chi connectivity index (χ0) is 24.4. The molecule has 2 N–H and O–H groups in total. The first-order valence-corrected chi connectivity index (χ1v) is 12.0. The predicted molar refractivity (Wildman–Crippen MR) is 133 cm³/mol. The molecule has 2 aliphatic rings. The second-order valence-corrected chi connectivity index (χ2v) is 9.41. The highest BCUT2D eigenvalue weighted by Gasteiger charge is 2.50. The third-order valence-corrected chi connectivity index (χ3v) is 7.04. The lowest BCUT2D eigenvalue weighted by Gasteiger charge is -2.38. The Kier molecular flexibility index (Phi) is 6.81. The Morgan fingerprint density at radius 3 is 2.46 bits per heavy atom.